The number of imidazole rings is 1. The Bertz CT molecular complexity index is 1120. The summed E-state index contributed by atoms with van der Waals surface area (Å²) in [5.41, 5.74) is 2.66. The molecule has 4 aromatic rings. The number of hydrogen-bond donors (Lipinski definition) is 2. The van der Waals surface area contributed by atoms with Crippen molar-refractivity contribution in [1.82, 2.24) is 19.9 Å². The summed E-state index contributed by atoms with van der Waals surface area (Å²) in [6.07, 6.45) is 0. The van der Waals surface area contributed by atoms with Gasteiger partial charge in [-0.15, -0.1) is 0 Å². The van der Waals surface area contributed by atoms with Gasteiger partial charge in [0.2, 0.25) is 0 Å². The van der Waals surface area contributed by atoms with E-state index in [4.69, 9.17) is 0 Å². The molecular formula is C19H16N4O2. The Morgan fingerprint density at radius 1 is 1.16 bits per heavy atom. The van der Waals surface area contributed by atoms with Crippen molar-refractivity contribution in [3.05, 3.63) is 76.3 Å². The zero-order chi connectivity index (χ0) is 17.4. The number of carbonyl (C=O) groups is 1. The van der Waals surface area contributed by atoms with Gasteiger partial charge in [-0.05, 0) is 18.2 Å². The van der Waals surface area contributed by atoms with Gasteiger partial charge in [-0.1, -0.05) is 30.3 Å². The number of aryl methyl sites for hydroxylation is 1. The molecule has 124 valence electrons. The van der Waals surface area contributed by atoms with Crippen molar-refractivity contribution in [1.29, 1.82) is 0 Å². The fourth-order valence-electron chi connectivity index (χ4n) is 2.95. The molecule has 2 heterocycles. The van der Waals surface area contributed by atoms with E-state index in [9.17, 15) is 9.59 Å². The van der Waals surface area contributed by atoms with Crippen molar-refractivity contribution < 1.29 is 4.79 Å². The second kappa shape index (κ2) is 5.90. The van der Waals surface area contributed by atoms with Crippen molar-refractivity contribution in [2.75, 3.05) is 0 Å². The lowest BCUT2D eigenvalue weighted by Crippen LogP contribution is -2.27. The number of rotatable bonds is 3. The van der Waals surface area contributed by atoms with Crippen molar-refractivity contribution in [2.45, 2.75) is 6.54 Å². The number of carbonyl (C=O) groups excluding carboxylic acids is 1. The van der Waals surface area contributed by atoms with Crippen LogP contribution in [0.25, 0.3) is 21.9 Å². The number of amides is 1. The molecule has 0 aliphatic heterocycles. The number of H-pyrrole nitrogens is 1. The van der Waals surface area contributed by atoms with Crippen LogP contribution in [0.3, 0.4) is 0 Å². The number of fused-ring (bicyclic) bond motifs is 2. The molecule has 2 aromatic carbocycles. The normalized spacial score (nSPS) is 11.1. The molecule has 0 fully saturated rings. The van der Waals surface area contributed by atoms with Gasteiger partial charge in [0, 0.05) is 18.5 Å². The van der Waals surface area contributed by atoms with E-state index < -0.39 is 0 Å². The standard InChI is InChI=1S/C19H16N4O2/c1-23-16-9-5-2-6-12(16)13(10-18(23)24)19(25)20-11-17-21-14-7-3-4-8-15(14)22-17/h2-10H,11H2,1H3,(H,20,25)(H,21,22). The molecule has 2 aromatic heterocycles. The van der Waals surface area contributed by atoms with Crippen LogP contribution >= 0.6 is 0 Å². The van der Waals surface area contributed by atoms with E-state index >= 15 is 0 Å². The van der Waals surface area contributed by atoms with Crippen LogP contribution in [-0.2, 0) is 13.6 Å². The van der Waals surface area contributed by atoms with Crippen LogP contribution in [-0.4, -0.2) is 20.4 Å². The molecule has 6 heteroatoms. The molecular weight excluding hydrogens is 316 g/mol. The highest BCUT2D eigenvalue weighted by Gasteiger charge is 2.13. The number of pyridine rings is 1. The second-order valence-corrected chi connectivity index (χ2v) is 5.86. The lowest BCUT2D eigenvalue weighted by atomic mass is 10.1. The van der Waals surface area contributed by atoms with Crippen molar-refractivity contribution in [2.24, 2.45) is 7.05 Å². The van der Waals surface area contributed by atoms with Gasteiger partial charge in [0.1, 0.15) is 5.82 Å². The number of aromatic amines is 1. The van der Waals surface area contributed by atoms with Crippen LogP contribution in [0.4, 0.5) is 0 Å². The Labute approximate surface area is 143 Å². The lowest BCUT2D eigenvalue weighted by molar-refractivity contribution is 0.0951. The number of aromatic nitrogens is 3. The van der Waals surface area contributed by atoms with Gasteiger partial charge in [-0.25, -0.2) is 4.98 Å². The first kappa shape index (κ1) is 15.1. The van der Waals surface area contributed by atoms with Crippen LogP contribution in [0.2, 0.25) is 0 Å². The smallest absolute Gasteiger partial charge is 0.252 e. The third-order valence-electron chi connectivity index (χ3n) is 4.25. The molecule has 0 unspecified atom stereocenters. The molecule has 0 aliphatic carbocycles. The summed E-state index contributed by atoms with van der Waals surface area (Å²) in [5, 5.41) is 3.58. The number of nitrogens with zero attached hydrogens (tertiary/aromatic N) is 2. The van der Waals surface area contributed by atoms with Crippen molar-refractivity contribution >= 4 is 27.8 Å². The maximum Gasteiger partial charge on any atom is 0.252 e. The molecule has 2 N–H and O–H groups in total. The van der Waals surface area contributed by atoms with E-state index in [1.807, 2.05) is 48.5 Å². The highest BCUT2D eigenvalue weighted by atomic mass is 16.2. The van der Waals surface area contributed by atoms with Gasteiger partial charge in [0.05, 0.1) is 28.7 Å². The van der Waals surface area contributed by atoms with Gasteiger partial charge < -0.3 is 14.9 Å². The van der Waals surface area contributed by atoms with E-state index in [-0.39, 0.29) is 18.0 Å². The molecule has 0 saturated carbocycles. The Morgan fingerprint density at radius 3 is 2.76 bits per heavy atom. The largest absolute Gasteiger partial charge is 0.345 e. The van der Waals surface area contributed by atoms with Gasteiger partial charge >= 0.3 is 0 Å². The Balaban J connectivity index is 1.64. The minimum absolute atomic E-state index is 0.215. The Kier molecular flexibility index (Phi) is 3.57. The second-order valence-electron chi connectivity index (χ2n) is 5.86. The van der Waals surface area contributed by atoms with Crippen LogP contribution in [0.5, 0.6) is 0 Å². The zero-order valence-electron chi connectivity index (χ0n) is 13.6. The minimum atomic E-state index is -0.297. The average molecular weight is 332 g/mol. The molecule has 0 radical (unpaired) electrons. The maximum atomic E-state index is 12.6. The van der Waals surface area contributed by atoms with Gasteiger partial charge in [-0.3, -0.25) is 9.59 Å². The minimum Gasteiger partial charge on any atom is -0.345 e. The van der Waals surface area contributed by atoms with Crippen LogP contribution in [0.15, 0.2) is 59.4 Å². The quantitative estimate of drug-likeness (QED) is 0.604. The summed E-state index contributed by atoms with van der Waals surface area (Å²) in [4.78, 5) is 32.3. The predicted molar refractivity (Wildman–Crippen MR) is 96.5 cm³/mol. The number of benzene rings is 2. The van der Waals surface area contributed by atoms with E-state index in [0.717, 1.165) is 21.9 Å². The predicted octanol–water partition coefficient (Wildman–Crippen LogP) is 2.34. The fraction of sp³-hybridized carbons (Fsp3) is 0.105. The first-order chi connectivity index (χ1) is 12.1. The van der Waals surface area contributed by atoms with Crippen LogP contribution in [0.1, 0.15) is 16.2 Å². The molecule has 1 amide bonds. The maximum absolute atomic E-state index is 12.6. The van der Waals surface area contributed by atoms with Gasteiger partial charge in [0.15, 0.2) is 0 Å². The average Bonchev–Trinajstić information content (AvgIpc) is 3.06. The monoisotopic (exact) mass is 332 g/mol. The van der Waals surface area contributed by atoms with E-state index in [1.165, 1.54) is 10.6 Å². The summed E-state index contributed by atoms with van der Waals surface area (Å²) in [5.74, 6) is 0.372. The van der Waals surface area contributed by atoms with Crippen LogP contribution in [0, 0.1) is 0 Å². The van der Waals surface area contributed by atoms with Crippen molar-refractivity contribution in [3.8, 4) is 0 Å². The van der Waals surface area contributed by atoms with Crippen molar-refractivity contribution in [3.63, 3.8) is 0 Å². The topological polar surface area (TPSA) is 79.8 Å². The third-order valence-corrected chi connectivity index (χ3v) is 4.25. The summed E-state index contributed by atoms with van der Waals surface area (Å²) < 4.78 is 1.53. The molecule has 25 heavy (non-hydrogen) atoms. The summed E-state index contributed by atoms with van der Waals surface area (Å²) in [6, 6.07) is 16.4. The molecule has 0 saturated heterocycles. The van der Waals surface area contributed by atoms with E-state index in [0.29, 0.717) is 11.4 Å². The van der Waals surface area contributed by atoms with Gasteiger partial charge in [-0.2, -0.15) is 0 Å². The summed E-state index contributed by atoms with van der Waals surface area (Å²) in [6.45, 7) is 0.261. The molecule has 0 spiro atoms. The summed E-state index contributed by atoms with van der Waals surface area (Å²) in [7, 11) is 1.70. The Morgan fingerprint density at radius 2 is 1.92 bits per heavy atom. The first-order valence-electron chi connectivity index (χ1n) is 7.94. The highest BCUT2D eigenvalue weighted by molar-refractivity contribution is 6.06. The van der Waals surface area contributed by atoms with E-state index in [2.05, 4.69) is 15.3 Å². The molecule has 0 aliphatic rings. The number of nitrogens with one attached hydrogen (secondary N) is 2. The van der Waals surface area contributed by atoms with Crippen LogP contribution < -0.4 is 10.9 Å². The molecule has 0 atom stereocenters. The Hall–Kier alpha value is -3.41. The van der Waals surface area contributed by atoms with E-state index in [1.54, 1.807) is 7.05 Å². The zero-order valence-corrected chi connectivity index (χ0v) is 13.6. The SMILES string of the molecule is Cn1c(=O)cc(C(=O)NCc2nc3ccccc3[nH]2)c2ccccc21. The molecule has 0 bridgehead atoms. The number of para-hydroxylation sites is 3. The lowest BCUT2D eigenvalue weighted by Gasteiger charge is -2.10. The first-order valence-corrected chi connectivity index (χ1v) is 7.94. The van der Waals surface area contributed by atoms with Gasteiger partial charge in [0.25, 0.3) is 11.5 Å². The molecule has 4 rings (SSSR count). The third kappa shape index (κ3) is 2.67. The molecule has 6 nitrogen and oxygen atoms in total. The summed E-state index contributed by atoms with van der Waals surface area (Å²) >= 11 is 0. The fourth-order valence-corrected chi connectivity index (χ4v) is 2.95. The highest BCUT2D eigenvalue weighted by Crippen LogP contribution is 2.16. The number of hydrogen-bond acceptors (Lipinski definition) is 3.